The Hall–Kier alpha value is -1.33. The lowest BCUT2D eigenvalue weighted by Gasteiger charge is -2.09. The summed E-state index contributed by atoms with van der Waals surface area (Å²) in [6.45, 7) is 7.22. The second-order valence-electron chi connectivity index (χ2n) is 4.24. The summed E-state index contributed by atoms with van der Waals surface area (Å²) in [5.74, 6) is 0.801. The summed E-state index contributed by atoms with van der Waals surface area (Å²) in [7, 11) is 0. The van der Waals surface area contributed by atoms with Crippen molar-refractivity contribution in [2.24, 2.45) is 0 Å². The molecule has 6 heteroatoms. The third-order valence-corrected chi connectivity index (χ3v) is 4.00. The second-order valence-corrected chi connectivity index (χ2v) is 5.37. The zero-order chi connectivity index (χ0) is 13.8. The predicted octanol–water partition coefficient (Wildman–Crippen LogP) is 3.82. The van der Waals surface area contributed by atoms with E-state index in [2.05, 4.69) is 14.9 Å². The number of hydrogen-bond acceptors (Lipinski definition) is 5. The molecule has 0 aliphatic rings. The molecule has 2 aromatic rings. The summed E-state index contributed by atoms with van der Waals surface area (Å²) in [6.07, 6.45) is 0. The fraction of sp³-hybridized carbons (Fsp3) is 0.385. The Morgan fingerprint density at radius 3 is 2.63 bits per heavy atom. The van der Waals surface area contributed by atoms with Gasteiger partial charge in [0.2, 0.25) is 0 Å². The Morgan fingerprint density at radius 2 is 2.00 bits per heavy atom. The highest BCUT2D eigenvalue weighted by molar-refractivity contribution is 7.10. The van der Waals surface area contributed by atoms with E-state index in [-0.39, 0.29) is 0 Å². The molecule has 102 valence electrons. The molecular weight excluding hydrogens is 282 g/mol. The number of halogens is 1. The van der Waals surface area contributed by atoms with Crippen molar-refractivity contribution < 1.29 is 4.74 Å². The second kappa shape index (κ2) is 6.21. The van der Waals surface area contributed by atoms with Gasteiger partial charge in [-0.2, -0.15) is 0 Å². The number of anilines is 1. The number of benzene rings is 1. The van der Waals surface area contributed by atoms with E-state index in [1.807, 2.05) is 32.9 Å². The first-order valence-electron chi connectivity index (χ1n) is 6.06. The van der Waals surface area contributed by atoms with Gasteiger partial charge in [0.1, 0.15) is 23.1 Å². The van der Waals surface area contributed by atoms with Crippen molar-refractivity contribution in [1.82, 2.24) is 9.59 Å². The van der Waals surface area contributed by atoms with Gasteiger partial charge in [-0.1, -0.05) is 16.1 Å². The van der Waals surface area contributed by atoms with Gasteiger partial charge in [-0.3, -0.25) is 0 Å². The maximum absolute atomic E-state index is 6.13. The maximum atomic E-state index is 6.13. The number of hydrogen-bond donors (Lipinski definition) is 1. The zero-order valence-electron chi connectivity index (χ0n) is 11.2. The van der Waals surface area contributed by atoms with Crippen LogP contribution in [0.15, 0.2) is 12.1 Å². The molecule has 2 rings (SSSR count). The van der Waals surface area contributed by atoms with Gasteiger partial charge >= 0.3 is 0 Å². The van der Waals surface area contributed by atoms with Gasteiger partial charge in [0.05, 0.1) is 0 Å². The van der Waals surface area contributed by atoms with E-state index in [1.165, 1.54) is 11.5 Å². The quantitative estimate of drug-likeness (QED) is 0.911. The van der Waals surface area contributed by atoms with Crippen LogP contribution < -0.4 is 10.1 Å². The van der Waals surface area contributed by atoms with Crippen molar-refractivity contribution in [1.29, 1.82) is 0 Å². The molecule has 1 aromatic heterocycles. The number of ether oxygens (including phenoxy) is 1. The number of nitrogens with zero attached hydrogens (tertiary/aromatic N) is 2. The molecule has 0 radical (unpaired) electrons. The molecule has 0 bridgehead atoms. The number of rotatable bonds is 5. The Balaban J connectivity index is 2.08. The van der Waals surface area contributed by atoms with Crippen molar-refractivity contribution >= 4 is 28.1 Å². The molecular formula is C13H16ClN3OS. The number of aromatic nitrogens is 2. The van der Waals surface area contributed by atoms with E-state index >= 15 is 0 Å². The smallest absolute Gasteiger partial charge is 0.136 e. The van der Waals surface area contributed by atoms with E-state index in [4.69, 9.17) is 16.3 Å². The topological polar surface area (TPSA) is 47.0 Å². The summed E-state index contributed by atoms with van der Waals surface area (Å²) in [5.41, 5.74) is 2.86. The third kappa shape index (κ3) is 3.36. The summed E-state index contributed by atoms with van der Waals surface area (Å²) >= 11 is 7.47. The monoisotopic (exact) mass is 297 g/mol. The van der Waals surface area contributed by atoms with Crippen molar-refractivity contribution in [3.63, 3.8) is 0 Å². The summed E-state index contributed by atoms with van der Waals surface area (Å²) in [6, 6.07) is 3.87. The normalized spacial score (nSPS) is 10.5. The van der Waals surface area contributed by atoms with E-state index in [0.29, 0.717) is 6.61 Å². The van der Waals surface area contributed by atoms with Crippen molar-refractivity contribution in [3.8, 4) is 5.75 Å². The van der Waals surface area contributed by atoms with Crippen LogP contribution in [0.25, 0.3) is 0 Å². The molecule has 0 saturated heterocycles. The Morgan fingerprint density at radius 1 is 1.32 bits per heavy atom. The summed E-state index contributed by atoms with van der Waals surface area (Å²) < 4.78 is 9.69. The van der Waals surface area contributed by atoms with E-state index in [1.54, 1.807) is 0 Å². The SMILES string of the molecule is CCNc1snnc1COc1cc(C)c(Cl)c(C)c1. The molecule has 0 saturated carbocycles. The van der Waals surface area contributed by atoms with Crippen LogP contribution in [0.1, 0.15) is 23.7 Å². The average molecular weight is 298 g/mol. The van der Waals surface area contributed by atoms with Crippen LogP contribution in [0.4, 0.5) is 5.00 Å². The van der Waals surface area contributed by atoms with Crippen molar-refractivity contribution in [3.05, 3.63) is 34.0 Å². The Kier molecular flexibility index (Phi) is 4.61. The lowest BCUT2D eigenvalue weighted by Crippen LogP contribution is -2.02. The molecule has 0 atom stereocenters. The van der Waals surface area contributed by atoms with Crippen molar-refractivity contribution in [2.45, 2.75) is 27.4 Å². The lowest BCUT2D eigenvalue weighted by atomic mass is 10.1. The van der Waals surface area contributed by atoms with Gasteiger partial charge in [-0.05, 0) is 44.0 Å². The minimum Gasteiger partial charge on any atom is -0.487 e. The average Bonchev–Trinajstić information content (AvgIpc) is 2.81. The Bertz CT molecular complexity index is 548. The third-order valence-electron chi connectivity index (χ3n) is 2.68. The Labute approximate surface area is 121 Å². The van der Waals surface area contributed by atoms with Crippen molar-refractivity contribution in [2.75, 3.05) is 11.9 Å². The molecule has 0 aliphatic carbocycles. The van der Waals surface area contributed by atoms with Crippen LogP contribution in [0.3, 0.4) is 0 Å². The van der Waals surface area contributed by atoms with Gasteiger partial charge in [-0.15, -0.1) is 5.10 Å². The minimum absolute atomic E-state index is 0.402. The van der Waals surface area contributed by atoms with Gasteiger partial charge in [0, 0.05) is 23.1 Å². The number of aryl methyl sites for hydroxylation is 2. The van der Waals surface area contributed by atoms with Crippen LogP contribution in [0.5, 0.6) is 5.75 Å². The van der Waals surface area contributed by atoms with E-state index in [0.717, 1.165) is 39.1 Å². The molecule has 19 heavy (non-hydrogen) atoms. The summed E-state index contributed by atoms with van der Waals surface area (Å²) in [4.78, 5) is 0. The molecule has 1 heterocycles. The molecule has 0 aliphatic heterocycles. The highest BCUT2D eigenvalue weighted by atomic mass is 35.5. The van der Waals surface area contributed by atoms with Gasteiger partial charge in [-0.25, -0.2) is 0 Å². The predicted molar refractivity (Wildman–Crippen MR) is 79.3 cm³/mol. The van der Waals surface area contributed by atoms with E-state index < -0.39 is 0 Å². The maximum Gasteiger partial charge on any atom is 0.136 e. The van der Waals surface area contributed by atoms with Crippen LogP contribution in [-0.4, -0.2) is 16.1 Å². The van der Waals surface area contributed by atoms with Gasteiger partial charge < -0.3 is 10.1 Å². The largest absolute Gasteiger partial charge is 0.487 e. The fourth-order valence-corrected chi connectivity index (χ4v) is 2.48. The molecule has 1 N–H and O–H groups in total. The molecule has 0 amide bonds. The molecule has 1 aromatic carbocycles. The summed E-state index contributed by atoms with van der Waals surface area (Å²) in [5, 5.41) is 9.03. The highest BCUT2D eigenvalue weighted by Crippen LogP contribution is 2.27. The van der Waals surface area contributed by atoms with Gasteiger partial charge in [0.25, 0.3) is 0 Å². The zero-order valence-corrected chi connectivity index (χ0v) is 12.7. The number of nitrogens with one attached hydrogen (secondary N) is 1. The molecule has 0 fully saturated rings. The lowest BCUT2D eigenvalue weighted by molar-refractivity contribution is 0.301. The molecule has 4 nitrogen and oxygen atoms in total. The van der Waals surface area contributed by atoms with E-state index in [9.17, 15) is 0 Å². The first-order valence-corrected chi connectivity index (χ1v) is 7.21. The standard InChI is InChI=1S/C13H16ClN3OS/c1-4-15-13-11(16-17-19-13)7-18-10-5-8(2)12(14)9(3)6-10/h5-6,15H,4,7H2,1-3H3. The first kappa shape index (κ1) is 14.1. The van der Waals surface area contributed by atoms with Gasteiger partial charge in [0.15, 0.2) is 0 Å². The molecule has 0 unspecified atom stereocenters. The first-order chi connectivity index (χ1) is 9.11. The minimum atomic E-state index is 0.402. The fourth-order valence-electron chi connectivity index (χ4n) is 1.74. The van der Waals surface area contributed by atoms with Crippen LogP contribution in [0.2, 0.25) is 5.02 Å². The van der Waals surface area contributed by atoms with Crippen LogP contribution >= 0.6 is 23.1 Å². The van der Waals surface area contributed by atoms with Crippen LogP contribution in [-0.2, 0) is 6.61 Å². The highest BCUT2D eigenvalue weighted by Gasteiger charge is 2.09. The van der Waals surface area contributed by atoms with Crippen LogP contribution in [0, 0.1) is 13.8 Å². The molecule has 0 spiro atoms.